The summed E-state index contributed by atoms with van der Waals surface area (Å²) in [6.07, 6.45) is 15.2. The number of hydrogen-bond acceptors (Lipinski definition) is 3. The summed E-state index contributed by atoms with van der Waals surface area (Å²) in [5.41, 5.74) is 0. The highest BCUT2D eigenvalue weighted by atomic mass is 16.4. The molecule has 1 N–H and O–H groups in total. The van der Waals surface area contributed by atoms with E-state index in [9.17, 15) is 14.7 Å². The van der Waals surface area contributed by atoms with Gasteiger partial charge in [-0.05, 0) is 19.3 Å². The largest absolute Gasteiger partial charge is 0.544 e. The number of rotatable bonds is 18. The quantitative estimate of drug-likeness (QED) is 0.298. The minimum atomic E-state index is -1.02. The number of amides is 1. The van der Waals surface area contributed by atoms with Gasteiger partial charge in [0.2, 0.25) is 5.91 Å². The molecule has 0 atom stereocenters. The first-order valence-corrected chi connectivity index (χ1v) is 10.7. The third kappa shape index (κ3) is 17.7. The summed E-state index contributed by atoms with van der Waals surface area (Å²) >= 11 is 0. The van der Waals surface area contributed by atoms with Crippen molar-refractivity contribution in [3.8, 4) is 0 Å². The van der Waals surface area contributed by atoms with Crippen molar-refractivity contribution in [2.24, 2.45) is 0 Å². The molecule has 0 aliphatic heterocycles. The van der Waals surface area contributed by atoms with Crippen LogP contribution in [-0.4, -0.2) is 50.1 Å². The van der Waals surface area contributed by atoms with Crippen molar-refractivity contribution < 1.29 is 19.2 Å². The second-order valence-electron chi connectivity index (χ2n) is 8.18. The van der Waals surface area contributed by atoms with Crippen molar-refractivity contribution in [1.29, 1.82) is 0 Å². The smallest absolute Gasteiger partial charge is 0.219 e. The van der Waals surface area contributed by atoms with Crippen molar-refractivity contribution in [1.82, 2.24) is 5.32 Å². The van der Waals surface area contributed by atoms with Crippen molar-refractivity contribution in [2.45, 2.75) is 90.4 Å². The van der Waals surface area contributed by atoms with E-state index in [2.05, 4.69) is 12.2 Å². The number of hydrogen-bond donors (Lipinski definition) is 1. The molecule has 1 amide bonds. The van der Waals surface area contributed by atoms with Crippen LogP contribution in [0.2, 0.25) is 0 Å². The SMILES string of the molecule is CCCCCCCCCCCCNC(=O)CCCC[N+](C)(C)CC(=O)[O-]. The van der Waals surface area contributed by atoms with Gasteiger partial charge < -0.3 is 19.7 Å². The fourth-order valence-electron chi connectivity index (χ4n) is 3.18. The lowest BCUT2D eigenvalue weighted by Gasteiger charge is -2.30. The third-order valence-electron chi connectivity index (χ3n) is 4.83. The van der Waals surface area contributed by atoms with Crippen LogP contribution in [0.3, 0.4) is 0 Å². The Labute approximate surface area is 161 Å². The molecule has 0 heterocycles. The van der Waals surface area contributed by atoms with Crippen LogP contribution < -0.4 is 10.4 Å². The van der Waals surface area contributed by atoms with E-state index in [0.717, 1.165) is 32.4 Å². The second kappa shape index (κ2) is 16.1. The van der Waals surface area contributed by atoms with Gasteiger partial charge in [0.05, 0.1) is 26.6 Å². The molecular weight excluding hydrogens is 328 g/mol. The Balaban J connectivity index is 3.38. The Bertz CT molecular complexity index is 370. The number of quaternary nitrogens is 1. The molecule has 0 saturated carbocycles. The Hall–Kier alpha value is -1.10. The number of unbranched alkanes of at least 4 members (excludes halogenated alkanes) is 10. The third-order valence-corrected chi connectivity index (χ3v) is 4.83. The van der Waals surface area contributed by atoms with Gasteiger partial charge >= 0.3 is 0 Å². The molecule has 0 fully saturated rings. The van der Waals surface area contributed by atoms with Gasteiger partial charge in [-0.2, -0.15) is 0 Å². The maximum absolute atomic E-state index is 11.8. The number of carboxylic acids is 1. The van der Waals surface area contributed by atoms with Crippen LogP contribution in [0.4, 0.5) is 0 Å². The highest BCUT2D eigenvalue weighted by Gasteiger charge is 2.14. The predicted octanol–water partition coefficient (Wildman–Crippen LogP) is 3.02. The van der Waals surface area contributed by atoms with Crippen LogP contribution in [0.15, 0.2) is 0 Å². The second-order valence-corrected chi connectivity index (χ2v) is 8.18. The number of carbonyl (C=O) groups excluding carboxylic acids is 2. The molecule has 5 nitrogen and oxygen atoms in total. The van der Waals surface area contributed by atoms with Crippen LogP contribution >= 0.6 is 0 Å². The highest BCUT2D eigenvalue weighted by Crippen LogP contribution is 2.10. The zero-order valence-corrected chi connectivity index (χ0v) is 17.5. The molecule has 5 heteroatoms. The predicted molar refractivity (Wildman–Crippen MR) is 106 cm³/mol. The average molecular weight is 371 g/mol. The van der Waals surface area contributed by atoms with E-state index >= 15 is 0 Å². The number of carboxylic acid groups (broad SMARTS) is 1. The Kier molecular flexibility index (Phi) is 15.4. The number of aliphatic carboxylic acids is 1. The maximum Gasteiger partial charge on any atom is 0.219 e. The zero-order valence-electron chi connectivity index (χ0n) is 17.5. The van der Waals surface area contributed by atoms with Gasteiger partial charge in [0.25, 0.3) is 0 Å². The summed E-state index contributed by atoms with van der Waals surface area (Å²) in [6.45, 7) is 3.80. The van der Waals surface area contributed by atoms with Crippen molar-refractivity contribution in [3.05, 3.63) is 0 Å². The topological polar surface area (TPSA) is 69.2 Å². The molecule has 0 spiro atoms. The molecule has 0 saturated heterocycles. The van der Waals surface area contributed by atoms with Crippen LogP contribution in [-0.2, 0) is 9.59 Å². The van der Waals surface area contributed by atoms with Crippen LogP contribution in [0.5, 0.6) is 0 Å². The first-order valence-electron chi connectivity index (χ1n) is 10.7. The Morgan fingerprint density at radius 3 is 1.88 bits per heavy atom. The van der Waals surface area contributed by atoms with E-state index in [1.807, 2.05) is 14.1 Å². The van der Waals surface area contributed by atoms with E-state index in [-0.39, 0.29) is 12.5 Å². The Morgan fingerprint density at radius 2 is 1.35 bits per heavy atom. The average Bonchev–Trinajstić information content (AvgIpc) is 2.55. The van der Waals surface area contributed by atoms with E-state index in [0.29, 0.717) is 10.9 Å². The van der Waals surface area contributed by atoms with E-state index < -0.39 is 5.97 Å². The summed E-state index contributed by atoms with van der Waals surface area (Å²) < 4.78 is 0.405. The molecule has 0 unspecified atom stereocenters. The summed E-state index contributed by atoms with van der Waals surface area (Å²) in [6, 6.07) is 0. The van der Waals surface area contributed by atoms with Gasteiger partial charge in [0.15, 0.2) is 0 Å². The standard InChI is InChI=1S/C21H42N2O3/c1-4-5-6-7-8-9-10-11-12-14-17-22-20(24)16-13-15-18-23(2,3)19-21(25)26/h4-19H2,1-3H3,(H-,22,24,25,26). The fraction of sp³-hybridized carbons (Fsp3) is 0.905. The minimum absolute atomic E-state index is 0.0188. The number of nitrogens with one attached hydrogen (secondary N) is 1. The van der Waals surface area contributed by atoms with Gasteiger partial charge in [-0.1, -0.05) is 64.7 Å². The van der Waals surface area contributed by atoms with Gasteiger partial charge in [-0.25, -0.2) is 0 Å². The van der Waals surface area contributed by atoms with Gasteiger partial charge in [0, 0.05) is 13.0 Å². The summed E-state index contributed by atoms with van der Waals surface area (Å²) in [4.78, 5) is 22.4. The molecule has 0 radical (unpaired) electrons. The Morgan fingerprint density at radius 1 is 0.808 bits per heavy atom. The monoisotopic (exact) mass is 370 g/mol. The molecule has 26 heavy (non-hydrogen) atoms. The van der Waals surface area contributed by atoms with Crippen molar-refractivity contribution in [3.63, 3.8) is 0 Å². The summed E-state index contributed by atoms with van der Waals surface area (Å²) in [7, 11) is 3.75. The fourth-order valence-corrected chi connectivity index (χ4v) is 3.18. The first-order chi connectivity index (χ1) is 12.4. The number of carbonyl (C=O) groups is 2. The number of likely N-dealkylation sites (N-methyl/N-ethyl adjacent to an activating group) is 1. The van der Waals surface area contributed by atoms with Gasteiger partial charge in [-0.3, -0.25) is 4.79 Å². The first kappa shape index (κ1) is 24.9. The maximum atomic E-state index is 11.8. The lowest BCUT2D eigenvalue weighted by Crippen LogP contribution is -2.48. The van der Waals surface area contributed by atoms with Crippen LogP contribution in [0, 0.1) is 0 Å². The van der Waals surface area contributed by atoms with Gasteiger partial charge in [-0.15, -0.1) is 0 Å². The van der Waals surface area contributed by atoms with Crippen LogP contribution in [0.1, 0.15) is 90.4 Å². The molecular formula is C21H42N2O3. The van der Waals surface area contributed by atoms with E-state index in [1.165, 1.54) is 57.8 Å². The summed E-state index contributed by atoms with van der Waals surface area (Å²) in [5, 5.41) is 13.6. The normalized spacial score (nSPS) is 11.5. The molecule has 0 bridgehead atoms. The highest BCUT2D eigenvalue weighted by molar-refractivity contribution is 5.75. The number of nitrogens with zero attached hydrogens (tertiary/aromatic N) is 1. The summed E-state index contributed by atoms with van der Waals surface area (Å²) in [5.74, 6) is -0.907. The molecule has 0 aromatic rings. The molecule has 154 valence electrons. The molecule has 0 aromatic heterocycles. The van der Waals surface area contributed by atoms with Crippen molar-refractivity contribution in [2.75, 3.05) is 33.7 Å². The van der Waals surface area contributed by atoms with Crippen LogP contribution in [0.25, 0.3) is 0 Å². The van der Waals surface area contributed by atoms with E-state index in [1.54, 1.807) is 0 Å². The van der Waals surface area contributed by atoms with Gasteiger partial charge in [0.1, 0.15) is 6.54 Å². The molecule has 0 aliphatic carbocycles. The molecule has 0 aliphatic rings. The van der Waals surface area contributed by atoms with E-state index in [4.69, 9.17) is 0 Å². The lowest BCUT2D eigenvalue weighted by molar-refractivity contribution is -0.885. The molecule has 0 rings (SSSR count). The van der Waals surface area contributed by atoms with Crippen molar-refractivity contribution >= 4 is 11.9 Å². The lowest BCUT2D eigenvalue weighted by atomic mass is 10.1. The minimum Gasteiger partial charge on any atom is -0.544 e. The molecule has 0 aromatic carbocycles. The zero-order chi connectivity index (χ0) is 19.7.